The fraction of sp³-hybridized carbons (Fsp3) is 0.471. The van der Waals surface area contributed by atoms with Crippen LogP contribution in [-0.2, 0) is 9.53 Å². The molecule has 1 atom stereocenters. The number of anilines is 1. The summed E-state index contributed by atoms with van der Waals surface area (Å²) < 4.78 is 5.34. The molecule has 1 aliphatic rings. The van der Waals surface area contributed by atoms with Crippen LogP contribution in [0.2, 0.25) is 0 Å². The van der Waals surface area contributed by atoms with Crippen molar-refractivity contribution in [1.29, 1.82) is 0 Å². The lowest BCUT2D eigenvalue weighted by Crippen LogP contribution is -2.30. The molecule has 1 aromatic rings. The Morgan fingerprint density at radius 3 is 3.05 bits per heavy atom. The second kappa shape index (κ2) is 7.82. The first-order valence-corrected chi connectivity index (χ1v) is 7.29. The van der Waals surface area contributed by atoms with Gasteiger partial charge in [0.1, 0.15) is 0 Å². The van der Waals surface area contributed by atoms with Gasteiger partial charge in [-0.25, -0.2) is 0 Å². The summed E-state index contributed by atoms with van der Waals surface area (Å²) in [5.74, 6) is 5.88. The van der Waals surface area contributed by atoms with Crippen molar-refractivity contribution < 1.29 is 14.6 Å². The Morgan fingerprint density at radius 1 is 1.52 bits per heavy atom. The molecule has 0 radical (unpaired) electrons. The highest BCUT2D eigenvalue weighted by molar-refractivity contribution is 5.92. The highest BCUT2D eigenvalue weighted by Gasteiger charge is 2.21. The molecule has 1 aliphatic heterocycles. The molecule has 0 aromatic heterocycles. The van der Waals surface area contributed by atoms with E-state index in [1.165, 1.54) is 0 Å². The molecule has 0 spiro atoms. The van der Waals surface area contributed by atoms with Crippen LogP contribution in [0, 0.1) is 24.7 Å². The van der Waals surface area contributed by atoms with Gasteiger partial charge in [-0.1, -0.05) is 11.8 Å². The van der Waals surface area contributed by atoms with Crippen molar-refractivity contribution in [2.45, 2.75) is 26.2 Å². The van der Waals surface area contributed by atoms with Crippen LogP contribution in [0.5, 0.6) is 0 Å². The van der Waals surface area contributed by atoms with Crippen molar-refractivity contribution in [2.24, 2.45) is 5.92 Å². The first kappa shape index (κ1) is 15.6. The molecule has 2 rings (SSSR count). The molecule has 1 heterocycles. The number of nitrogens with one attached hydrogen (secondary N) is 1. The molecule has 1 unspecified atom stereocenters. The number of aliphatic hydroxyl groups excluding tert-OH is 1. The zero-order valence-corrected chi connectivity index (χ0v) is 12.3. The number of rotatable bonds is 3. The van der Waals surface area contributed by atoms with Gasteiger partial charge < -0.3 is 15.2 Å². The molecule has 0 saturated carbocycles. The number of hydrogen-bond donors (Lipinski definition) is 2. The Labute approximate surface area is 125 Å². The molecule has 0 bridgehead atoms. The number of aryl methyl sites for hydroxylation is 1. The van der Waals surface area contributed by atoms with Crippen LogP contribution in [0.25, 0.3) is 0 Å². The second-order valence-electron chi connectivity index (χ2n) is 5.21. The molecule has 1 aromatic carbocycles. The number of hydrogen-bond acceptors (Lipinski definition) is 3. The first-order valence-electron chi connectivity index (χ1n) is 7.29. The highest BCUT2D eigenvalue weighted by atomic mass is 16.5. The molecule has 1 saturated heterocycles. The minimum absolute atomic E-state index is 0.0215. The third kappa shape index (κ3) is 4.59. The average Bonchev–Trinajstić information content (AvgIpc) is 2.50. The van der Waals surface area contributed by atoms with Gasteiger partial charge in [-0.3, -0.25) is 4.79 Å². The normalized spacial score (nSPS) is 17.7. The Balaban J connectivity index is 1.99. The fourth-order valence-electron chi connectivity index (χ4n) is 2.29. The monoisotopic (exact) mass is 287 g/mol. The summed E-state index contributed by atoms with van der Waals surface area (Å²) in [7, 11) is 0. The maximum absolute atomic E-state index is 12.1. The molecule has 0 aliphatic carbocycles. The van der Waals surface area contributed by atoms with Crippen molar-refractivity contribution in [3.8, 4) is 11.8 Å². The van der Waals surface area contributed by atoms with Crippen molar-refractivity contribution in [1.82, 2.24) is 0 Å². The average molecular weight is 287 g/mol. The van der Waals surface area contributed by atoms with Gasteiger partial charge in [0, 0.05) is 24.3 Å². The van der Waals surface area contributed by atoms with Crippen molar-refractivity contribution >= 4 is 11.6 Å². The lowest BCUT2D eigenvalue weighted by molar-refractivity contribution is -0.123. The van der Waals surface area contributed by atoms with Gasteiger partial charge in [0.05, 0.1) is 19.1 Å². The Hall–Kier alpha value is -1.83. The van der Waals surface area contributed by atoms with Crippen LogP contribution in [-0.4, -0.2) is 30.8 Å². The Bertz CT molecular complexity index is 551. The van der Waals surface area contributed by atoms with Crippen molar-refractivity contribution in [3.05, 3.63) is 29.3 Å². The van der Waals surface area contributed by atoms with Gasteiger partial charge in [-0.15, -0.1) is 0 Å². The number of aliphatic hydroxyl groups is 1. The van der Waals surface area contributed by atoms with E-state index in [9.17, 15) is 4.79 Å². The summed E-state index contributed by atoms with van der Waals surface area (Å²) in [5.41, 5.74) is 2.72. The molecular formula is C17H21NO3. The van der Waals surface area contributed by atoms with Crippen molar-refractivity contribution in [3.63, 3.8) is 0 Å². The van der Waals surface area contributed by atoms with Crippen LogP contribution < -0.4 is 5.32 Å². The standard InChI is InChI=1S/C17H21NO3/c1-13-11-16(8-7-14(13)5-2-3-9-19)18-17(20)15-6-4-10-21-12-15/h7-8,11,15,19H,3-4,6,9-10,12H2,1H3,(H,18,20). The first-order chi connectivity index (χ1) is 10.2. The van der Waals surface area contributed by atoms with E-state index >= 15 is 0 Å². The van der Waals surface area contributed by atoms with Gasteiger partial charge in [0.15, 0.2) is 0 Å². The van der Waals surface area contributed by atoms with E-state index in [1.807, 2.05) is 25.1 Å². The lowest BCUT2D eigenvalue weighted by atomic mass is 10.0. The number of amides is 1. The van der Waals surface area contributed by atoms with Crippen LogP contribution in [0.1, 0.15) is 30.4 Å². The third-order valence-electron chi connectivity index (χ3n) is 3.48. The Morgan fingerprint density at radius 2 is 2.38 bits per heavy atom. The largest absolute Gasteiger partial charge is 0.395 e. The zero-order chi connectivity index (χ0) is 15.1. The van der Waals surface area contributed by atoms with Gasteiger partial charge in [0.2, 0.25) is 5.91 Å². The van der Waals surface area contributed by atoms with E-state index in [-0.39, 0.29) is 18.4 Å². The lowest BCUT2D eigenvalue weighted by Gasteiger charge is -2.21. The summed E-state index contributed by atoms with van der Waals surface area (Å²) in [6.45, 7) is 3.30. The summed E-state index contributed by atoms with van der Waals surface area (Å²) >= 11 is 0. The van der Waals surface area contributed by atoms with Crippen LogP contribution in [0.15, 0.2) is 18.2 Å². The Kier molecular flexibility index (Phi) is 5.79. The molecule has 4 heteroatoms. The van der Waals surface area contributed by atoms with Gasteiger partial charge in [-0.2, -0.15) is 0 Å². The van der Waals surface area contributed by atoms with E-state index in [1.54, 1.807) is 0 Å². The molecule has 1 amide bonds. The predicted octanol–water partition coefficient (Wildman–Crippen LogP) is 2.09. The van der Waals surface area contributed by atoms with E-state index in [0.717, 1.165) is 36.3 Å². The maximum atomic E-state index is 12.1. The fourth-order valence-corrected chi connectivity index (χ4v) is 2.29. The summed E-state index contributed by atoms with van der Waals surface area (Å²) in [6, 6.07) is 5.68. The van der Waals surface area contributed by atoms with E-state index in [0.29, 0.717) is 13.0 Å². The number of ether oxygens (including phenoxy) is 1. The topological polar surface area (TPSA) is 58.6 Å². The van der Waals surface area contributed by atoms with E-state index in [2.05, 4.69) is 17.2 Å². The van der Waals surface area contributed by atoms with Crippen LogP contribution in [0.3, 0.4) is 0 Å². The summed E-state index contributed by atoms with van der Waals surface area (Å²) in [5, 5.41) is 11.7. The predicted molar refractivity (Wildman–Crippen MR) is 81.9 cm³/mol. The highest BCUT2D eigenvalue weighted by Crippen LogP contribution is 2.18. The molecule has 1 fully saturated rings. The van der Waals surface area contributed by atoms with Gasteiger partial charge >= 0.3 is 0 Å². The SMILES string of the molecule is Cc1cc(NC(=O)C2CCCOC2)ccc1C#CCCO. The van der Waals surface area contributed by atoms with E-state index in [4.69, 9.17) is 9.84 Å². The minimum atomic E-state index is -0.0527. The maximum Gasteiger partial charge on any atom is 0.229 e. The number of carbonyl (C=O) groups excluding carboxylic acids is 1. The summed E-state index contributed by atoms with van der Waals surface area (Å²) in [4.78, 5) is 12.1. The minimum Gasteiger partial charge on any atom is -0.395 e. The molecule has 112 valence electrons. The third-order valence-corrected chi connectivity index (χ3v) is 3.48. The second-order valence-corrected chi connectivity index (χ2v) is 5.21. The van der Waals surface area contributed by atoms with Gasteiger partial charge in [0.25, 0.3) is 0 Å². The smallest absolute Gasteiger partial charge is 0.229 e. The van der Waals surface area contributed by atoms with Crippen molar-refractivity contribution in [2.75, 3.05) is 25.1 Å². The molecule has 2 N–H and O–H groups in total. The zero-order valence-electron chi connectivity index (χ0n) is 12.3. The summed E-state index contributed by atoms with van der Waals surface area (Å²) in [6.07, 6.45) is 2.30. The quantitative estimate of drug-likeness (QED) is 0.837. The van der Waals surface area contributed by atoms with E-state index < -0.39 is 0 Å². The molecule has 4 nitrogen and oxygen atoms in total. The number of carbonyl (C=O) groups is 1. The molecule has 21 heavy (non-hydrogen) atoms. The van der Waals surface area contributed by atoms with Crippen LogP contribution in [0.4, 0.5) is 5.69 Å². The molecular weight excluding hydrogens is 266 g/mol. The number of benzene rings is 1. The van der Waals surface area contributed by atoms with Crippen LogP contribution >= 0.6 is 0 Å². The van der Waals surface area contributed by atoms with Gasteiger partial charge in [-0.05, 0) is 43.5 Å².